The first-order valence-corrected chi connectivity index (χ1v) is 9.96. The van der Waals surface area contributed by atoms with Gasteiger partial charge in [-0.1, -0.05) is 17.7 Å². The predicted molar refractivity (Wildman–Crippen MR) is 91.3 cm³/mol. The van der Waals surface area contributed by atoms with E-state index in [1.165, 1.54) is 5.56 Å². The maximum atomic E-state index is 12.7. The molecule has 0 saturated carbocycles. The SMILES string of the molecule is Cc1ccc(N2CC[C@H](N(C)C[C@@H]3CCS(=O)(=O)C3)C2=O)cc1. The Morgan fingerprint density at radius 2 is 1.91 bits per heavy atom. The van der Waals surface area contributed by atoms with Crippen molar-refractivity contribution in [3.05, 3.63) is 29.8 Å². The summed E-state index contributed by atoms with van der Waals surface area (Å²) in [5.41, 5.74) is 2.12. The molecule has 2 heterocycles. The van der Waals surface area contributed by atoms with Crippen LogP contribution >= 0.6 is 0 Å². The molecular formula is C17H24N2O3S. The number of carbonyl (C=O) groups is 1. The van der Waals surface area contributed by atoms with Gasteiger partial charge in [0.2, 0.25) is 5.91 Å². The Morgan fingerprint density at radius 1 is 1.22 bits per heavy atom. The number of nitrogens with zero attached hydrogens (tertiary/aromatic N) is 2. The van der Waals surface area contributed by atoms with Crippen LogP contribution in [-0.2, 0) is 14.6 Å². The molecule has 126 valence electrons. The molecule has 2 atom stereocenters. The van der Waals surface area contributed by atoms with Crippen molar-refractivity contribution < 1.29 is 13.2 Å². The van der Waals surface area contributed by atoms with Crippen molar-refractivity contribution in [1.29, 1.82) is 0 Å². The third-order valence-electron chi connectivity index (χ3n) is 4.93. The van der Waals surface area contributed by atoms with Gasteiger partial charge in [0.1, 0.15) is 0 Å². The fourth-order valence-electron chi connectivity index (χ4n) is 3.61. The lowest BCUT2D eigenvalue weighted by molar-refractivity contribution is -0.121. The van der Waals surface area contributed by atoms with Crippen molar-refractivity contribution in [3.8, 4) is 0 Å². The zero-order valence-corrected chi connectivity index (χ0v) is 14.6. The largest absolute Gasteiger partial charge is 0.311 e. The van der Waals surface area contributed by atoms with Crippen molar-refractivity contribution in [3.63, 3.8) is 0 Å². The molecule has 0 aromatic heterocycles. The van der Waals surface area contributed by atoms with Gasteiger partial charge in [0.15, 0.2) is 9.84 Å². The molecule has 2 fully saturated rings. The molecule has 0 spiro atoms. The van der Waals surface area contributed by atoms with Crippen LogP contribution < -0.4 is 4.90 Å². The Morgan fingerprint density at radius 3 is 2.52 bits per heavy atom. The normalized spacial score (nSPS) is 27.1. The molecule has 2 saturated heterocycles. The molecule has 1 aromatic rings. The fourth-order valence-corrected chi connectivity index (χ4v) is 5.45. The molecule has 0 aliphatic carbocycles. The first kappa shape index (κ1) is 16.5. The smallest absolute Gasteiger partial charge is 0.244 e. The highest BCUT2D eigenvalue weighted by molar-refractivity contribution is 7.91. The van der Waals surface area contributed by atoms with Crippen LogP contribution in [0.15, 0.2) is 24.3 Å². The Kier molecular flexibility index (Phi) is 4.47. The van der Waals surface area contributed by atoms with Gasteiger partial charge in [0.05, 0.1) is 17.5 Å². The number of aryl methyl sites for hydroxylation is 1. The molecule has 3 rings (SSSR count). The summed E-state index contributed by atoms with van der Waals surface area (Å²) >= 11 is 0. The van der Waals surface area contributed by atoms with Crippen molar-refractivity contribution in [2.45, 2.75) is 25.8 Å². The molecule has 5 nitrogen and oxygen atoms in total. The van der Waals surface area contributed by atoms with Gasteiger partial charge in [-0.15, -0.1) is 0 Å². The second-order valence-corrected chi connectivity index (χ2v) is 9.07. The molecule has 2 aliphatic heterocycles. The molecule has 0 unspecified atom stereocenters. The van der Waals surface area contributed by atoms with E-state index in [1.54, 1.807) is 0 Å². The Hall–Kier alpha value is -1.40. The Bertz CT molecular complexity index is 684. The van der Waals surface area contributed by atoms with E-state index in [2.05, 4.69) is 0 Å². The third kappa shape index (κ3) is 3.58. The highest BCUT2D eigenvalue weighted by Gasteiger charge is 2.37. The molecule has 0 bridgehead atoms. The summed E-state index contributed by atoms with van der Waals surface area (Å²) < 4.78 is 23.2. The Labute approximate surface area is 138 Å². The molecule has 1 amide bonds. The number of anilines is 1. The van der Waals surface area contributed by atoms with Crippen LogP contribution in [-0.4, -0.2) is 56.9 Å². The minimum Gasteiger partial charge on any atom is -0.311 e. The second kappa shape index (κ2) is 6.24. The van der Waals surface area contributed by atoms with E-state index in [0.29, 0.717) is 12.3 Å². The lowest BCUT2D eigenvalue weighted by Crippen LogP contribution is -2.42. The van der Waals surface area contributed by atoms with Gasteiger partial charge in [0.25, 0.3) is 0 Å². The number of benzene rings is 1. The van der Waals surface area contributed by atoms with Gasteiger partial charge in [-0.25, -0.2) is 8.42 Å². The van der Waals surface area contributed by atoms with Crippen LogP contribution in [0.1, 0.15) is 18.4 Å². The van der Waals surface area contributed by atoms with E-state index in [9.17, 15) is 13.2 Å². The Balaban J connectivity index is 1.63. The molecule has 1 aromatic carbocycles. The van der Waals surface area contributed by atoms with Crippen LogP contribution in [0.5, 0.6) is 0 Å². The maximum Gasteiger partial charge on any atom is 0.244 e. The van der Waals surface area contributed by atoms with Crippen LogP contribution in [0, 0.1) is 12.8 Å². The van der Waals surface area contributed by atoms with E-state index in [0.717, 1.165) is 25.1 Å². The average molecular weight is 336 g/mol. The number of likely N-dealkylation sites (N-methyl/N-ethyl adjacent to an activating group) is 1. The lowest BCUT2D eigenvalue weighted by Gasteiger charge is -2.26. The molecule has 2 aliphatic rings. The van der Waals surface area contributed by atoms with E-state index in [-0.39, 0.29) is 23.6 Å². The van der Waals surface area contributed by atoms with Gasteiger partial charge < -0.3 is 4.90 Å². The first-order chi connectivity index (χ1) is 10.9. The van der Waals surface area contributed by atoms with Crippen LogP contribution in [0.3, 0.4) is 0 Å². The van der Waals surface area contributed by atoms with E-state index in [4.69, 9.17) is 0 Å². The summed E-state index contributed by atoms with van der Waals surface area (Å²) in [6.07, 6.45) is 1.51. The number of hydrogen-bond donors (Lipinski definition) is 0. The highest BCUT2D eigenvalue weighted by Crippen LogP contribution is 2.26. The summed E-state index contributed by atoms with van der Waals surface area (Å²) in [6.45, 7) is 3.43. The number of carbonyl (C=O) groups excluding carboxylic acids is 1. The van der Waals surface area contributed by atoms with Crippen molar-refractivity contribution in [2.24, 2.45) is 5.92 Å². The van der Waals surface area contributed by atoms with Gasteiger partial charge in [-0.3, -0.25) is 9.69 Å². The molecule has 0 radical (unpaired) electrons. The van der Waals surface area contributed by atoms with Crippen LogP contribution in [0.4, 0.5) is 5.69 Å². The van der Waals surface area contributed by atoms with Crippen LogP contribution in [0.2, 0.25) is 0 Å². The minimum absolute atomic E-state index is 0.122. The molecular weight excluding hydrogens is 312 g/mol. The summed E-state index contributed by atoms with van der Waals surface area (Å²) in [5, 5.41) is 0. The molecule has 23 heavy (non-hydrogen) atoms. The van der Waals surface area contributed by atoms with Gasteiger partial charge in [-0.2, -0.15) is 0 Å². The van der Waals surface area contributed by atoms with Crippen molar-refractivity contribution in [1.82, 2.24) is 4.90 Å². The standard InChI is InChI=1S/C17H24N2O3S/c1-13-3-5-15(6-4-13)19-9-7-16(17(19)20)18(2)11-14-8-10-23(21,22)12-14/h3-6,14,16H,7-12H2,1-2H3/t14-,16-/m0/s1. The van der Waals surface area contributed by atoms with Crippen molar-refractivity contribution >= 4 is 21.4 Å². The third-order valence-corrected chi connectivity index (χ3v) is 6.76. The monoisotopic (exact) mass is 336 g/mol. The molecule has 6 heteroatoms. The summed E-state index contributed by atoms with van der Waals surface area (Å²) in [6, 6.07) is 7.87. The zero-order valence-electron chi connectivity index (χ0n) is 13.7. The number of amides is 1. The summed E-state index contributed by atoms with van der Waals surface area (Å²) in [7, 11) is -0.921. The minimum atomic E-state index is -2.86. The van der Waals surface area contributed by atoms with Gasteiger partial charge in [0, 0.05) is 18.8 Å². The maximum absolute atomic E-state index is 12.7. The molecule has 0 N–H and O–H groups in total. The van der Waals surface area contributed by atoms with Crippen molar-refractivity contribution in [2.75, 3.05) is 36.5 Å². The van der Waals surface area contributed by atoms with E-state index >= 15 is 0 Å². The average Bonchev–Trinajstić information content (AvgIpc) is 3.02. The van der Waals surface area contributed by atoms with Crippen LogP contribution in [0.25, 0.3) is 0 Å². The number of sulfone groups is 1. The topological polar surface area (TPSA) is 57.7 Å². The summed E-state index contributed by atoms with van der Waals surface area (Å²) in [5.74, 6) is 0.836. The number of rotatable bonds is 4. The van der Waals surface area contributed by atoms with E-state index in [1.807, 2.05) is 48.0 Å². The summed E-state index contributed by atoms with van der Waals surface area (Å²) in [4.78, 5) is 16.6. The van der Waals surface area contributed by atoms with Gasteiger partial charge >= 0.3 is 0 Å². The van der Waals surface area contributed by atoms with E-state index < -0.39 is 9.84 Å². The lowest BCUT2D eigenvalue weighted by atomic mass is 10.1. The predicted octanol–water partition coefficient (Wildman–Crippen LogP) is 1.47. The van der Waals surface area contributed by atoms with Gasteiger partial charge in [-0.05, 0) is 44.9 Å². The quantitative estimate of drug-likeness (QED) is 0.835. The number of hydrogen-bond acceptors (Lipinski definition) is 4. The highest BCUT2D eigenvalue weighted by atomic mass is 32.2. The second-order valence-electron chi connectivity index (χ2n) is 6.84. The first-order valence-electron chi connectivity index (χ1n) is 8.14. The zero-order chi connectivity index (χ0) is 16.6. The fraction of sp³-hybridized carbons (Fsp3) is 0.588.